The lowest BCUT2D eigenvalue weighted by atomic mass is 10.1. The molecule has 1 nitrogen and oxygen atoms in total. The molecule has 0 aliphatic heterocycles. The molecule has 0 unspecified atom stereocenters. The van der Waals surface area contributed by atoms with Crippen molar-refractivity contribution in [3.05, 3.63) is 46.7 Å². The van der Waals surface area contributed by atoms with Crippen LogP contribution in [0.2, 0.25) is 0 Å². The van der Waals surface area contributed by atoms with Crippen molar-refractivity contribution in [3.8, 4) is 0 Å². The first-order chi connectivity index (χ1) is 6.66. The maximum absolute atomic E-state index is 13.0. The third-order valence-corrected chi connectivity index (χ3v) is 2.63. The molecule has 0 atom stereocenters. The second-order valence-corrected chi connectivity index (χ2v) is 3.64. The molecular formula is C11H10BrFO. The van der Waals surface area contributed by atoms with Crippen molar-refractivity contribution in [1.82, 2.24) is 0 Å². The van der Waals surface area contributed by atoms with Crippen LogP contribution in [-0.2, 0) is 0 Å². The minimum Gasteiger partial charge on any atom is -0.294 e. The molecule has 0 aliphatic rings. The van der Waals surface area contributed by atoms with Gasteiger partial charge in [0.15, 0.2) is 5.78 Å². The Balaban J connectivity index is 2.89. The SMILES string of the molecule is C=CCCC(=O)c1cccc(F)c1Br. The van der Waals surface area contributed by atoms with Crippen LogP contribution in [0.5, 0.6) is 0 Å². The summed E-state index contributed by atoms with van der Waals surface area (Å²) in [5, 5.41) is 0. The Labute approximate surface area is 90.8 Å². The van der Waals surface area contributed by atoms with Crippen molar-refractivity contribution < 1.29 is 9.18 Å². The minimum atomic E-state index is -0.408. The predicted octanol–water partition coefficient (Wildman–Crippen LogP) is 3.74. The van der Waals surface area contributed by atoms with E-state index >= 15 is 0 Å². The number of rotatable bonds is 4. The maximum Gasteiger partial charge on any atom is 0.164 e. The fraction of sp³-hybridized carbons (Fsp3) is 0.182. The second-order valence-electron chi connectivity index (χ2n) is 2.85. The zero-order valence-corrected chi connectivity index (χ0v) is 9.18. The number of benzene rings is 1. The second kappa shape index (κ2) is 5.05. The van der Waals surface area contributed by atoms with Crippen LogP contribution in [0.4, 0.5) is 4.39 Å². The van der Waals surface area contributed by atoms with Crippen molar-refractivity contribution in [2.45, 2.75) is 12.8 Å². The van der Waals surface area contributed by atoms with Crippen LogP contribution in [0.3, 0.4) is 0 Å². The molecule has 0 saturated heterocycles. The third kappa shape index (κ3) is 2.51. The molecule has 14 heavy (non-hydrogen) atoms. The van der Waals surface area contributed by atoms with Crippen LogP contribution < -0.4 is 0 Å². The van der Waals surface area contributed by atoms with E-state index in [2.05, 4.69) is 22.5 Å². The third-order valence-electron chi connectivity index (χ3n) is 1.83. The van der Waals surface area contributed by atoms with Crippen LogP contribution in [0, 0.1) is 5.82 Å². The molecule has 0 amide bonds. The van der Waals surface area contributed by atoms with Crippen molar-refractivity contribution in [3.63, 3.8) is 0 Å². The Hall–Kier alpha value is -0.960. The smallest absolute Gasteiger partial charge is 0.164 e. The largest absolute Gasteiger partial charge is 0.294 e. The van der Waals surface area contributed by atoms with Crippen LogP contribution in [0.1, 0.15) is 23.2 Å². The summed E-state index contributed by atoms with van der Waals surface area (Å²) in [6, 6.07) is 4.45. The van der Waals surface area contributed by atoms with Gasteiger partial charge in [-0.2, -0.15) is 0 Å². The molecule has 1 rings (SSSR count). The molecule has 0 spiro atoms. The van der Waals surface area contributed by atoms with Gasteiger partial charge in [-0.05, 0) is 28.4 Å². The van der Waals surface area contributed by atoms with Gasteiger partial charge in [0.1, 0.15) is 5.82 Å². The average Bonchev–Trinajstić information content (AvgIpc) is 2.18. The summed E-state index contributed by atoms with van der Waals surface area (Å²) in [6.07, 6.45) is 2.65. The monoisotopic (exact) mass is 256 g/mol. The van der Waals surface area contributed by atoms with E-state index in [1.165, 1.54) is 12.1 Å². The molecule has 0 aliphatic carbocycles. The van der Waals surface area contributed by atoms with Crippen molar-refractivity contribution in [1.29, 1.82) is 0 Å². The Morgan fingerprint density at radius 3 is 2.93 bits per heavy atom. The Morgan fingerprint density at radius 1 is 1.57 bits per heavy atom. The van der Waals surface area contributed by atoms with E-state index in [4.69, 9.17) is 0 Å². The summed E-state index contributed by atoms with van der Waals surface area (Å²) in [5.41, 5.74) is 0.395. The normalized spacial score (nSPS) is 9.86. The molecule has 0 bridgehead atoms. The first-order valence-electron chi connectivity index (χ1n) is 4.25. The van der Waals surface area contributed by atoms with E-state index in [1.807, 2.05) is 0 Å². The highest BCUT2D eigenvalue weighted by Gasteiger charge is 2.11. The summed E-state index contributed by atoms with van der Waals surface area (Å²) in [7, 11) is 0. The van der Waals surface area contributed by atoms with Gasteiger partial charge < -0.3 is 0 Å². The van der Waals surface area contributed by atoms with E-state index in [1.54, 1.807) is 12.1 Å². The molecular weight excluding hydrogens is 247 g/mol. The summed E-state index contributed by atoms with van der Waals surface area (Å²) >= 11 is 3.05. The Kier molecular flexibility index (Phi) is 4.01. The first-order valence-corrected chi connectivity index (χ1v) is 5.04. The molecule has 0 saturated carbocycles. The molecule has 74 valence electrons. The number of hydrogen-bond acceptors (Lipinski definition) is 1. The van der Waals surface area contributed by atoms with Gasteiger partial charge in [-0.1, -0.05) is 18.2 Å². The molecule has 0 N–H and O–H groups in total. The predicted molar refractivity (Wildman–Crippen MR) is 57.9 cm³/mol. The Morgan fingerprint density at radius 2 is 2.29 bits per heavy atom. The summed E-state index contributed by atoms with van der Waals surface area (Å²) < 4.78 is 13.3. The number of ketones is 1. The number of carbonyl (C=O) groups is 1. The summed E-state index contributed by atoms with van der Waals surface area (Å²) in [5.74, 6) is -0.481. The molecule has 0 radical (unpaired) electrons. The standard InChI is InChI=1S/C11H10BrFO/c1-2-3-7-10(14)8-5-4-6-9(13)11(8)12/h2,4-6H,1,3,7H2. The molecule has 1 aromatic rings. The van der Waals surface area contributed by atoms with Crippen molar-refractivity contribution in [2.24, 2.45) is 0 Å². The van der Waals surface area contributed by atoms with Gasteiger partial charge >= 0.3 is 0 Å². The molecule has 1 aromatic carbocycles. The van der Waals surface area contributed by atoms with Gasteiger partial charge in [0.25, 0.3) is 0 Å². The molecule has 0 fully saturated rings. The van der Waals surface area contributed by atoms with E-state index < -0.39 is 5.82 Å². The zero-order chi connectivity index (χ0) is 10.6. The van der Waals surface area contributed by atoms with Crippen LogP contribution in [0.15, 0.2) is 35.3 Å². The maximum atomic E-state index is 13.0. The minimum absolute atomic E-state index is 0.0729. The van der Waals surface area contributed by atoms with E-state index in [-0.39, 0.29) is 10.3 Å². The van der Waals surface area contributed by atoms with Gasteiger partial charge in [-0.3, -0.25) is 4.79 Å². The van der Waals surface area contributed by atoms with Gasteiger partial charge in [0.05, 0.1) is 4.47 Å². The van der Waals surface area contributed by atoms with Gasteiger partial charge in [0, 0.05) is 12.0 Å². The fourth-order valence-corrected chi connectivity index (χ4v) is 1.57. The average molecular weight is 257 g/mol. The Bertz CT molecular complexity index is 360. The first kappa shape index (κ1) is 11.1. The number of halogens is 2. The van der Waals surface area contributed by atoms with Crippen LogP contribution in [-0.4, -0.2) is 5.78 Å². The van der Waals surface area contributed by atoms with E-state index in [0.717, 1.165) is 0 Å². The number of allylic oxidation sites excluding steroid dienone is 1. The lowest BCUT2D eigenvalue weighted by Gasteiger charge is -2.02. The van der Waals surface area contributed by atoms with E-state index in [0.29, 0.717) is 18.4 Å². The number of hydrogen-bond donors (Lipinski definition) is 0. The number of Topliss-reactive ketones (excluding diaryl/α,β-unsaturated/α-hetero) is 1. The van der Waals surface area contributed by atoms with E-state index in [9.17, 15) is 9.18 Å². The summed E-state index contributed by atoms with van der Waals surface area (Å²) in [4.78, 5) is 11.5. The highest BCUT2D eigenvalue weighted by molar-refractivity contribution is 9.10. The summed E-state index contributed by atoms with van der Waals surface area (Å²) in [6.45, 7) is 3.53. The molecule has 3 heteroatoms. The molecule has 0 aromatic heterocycles. The van der Waals surface area contributed by atoms with Crippen LogP contribution in [0.25, 0.3) is 0 Å². The topological polar surface area (TPSA) is 17.1 Å². The van der Waals surface area contributed by atoms with Crippen LogP contribution >= 0.6 is 15.9 Å². The highest BCUT2D eigenvalue weighted by Crippen LogP contribution is 2.21. The van der Waals surface area contributed by atoms with Crippen molar-refractivity contribution in [2.75, 3.05) is 0 Å². The van der Waals surface area contributed by atoms with Crippen molar-refractivity contribution >= 4 is 21.7 Å². The lowest BCUT2D eigenvalue weighted by molar-refractivity contribution is 0.0982. The van der Waals surface area contributed by atoms with Gasteiger partial charge in [-0.15, -0.1) is 6.58 Å². The van der Waals surface area contributed by atoms with Gasteiger partial charge in [0.2, 0.25) is 0 Å². The molecule has 0 heterocycles. The van der Waals surface area contributed by atoms with Gasteiger partial charge in [-0.25, -0.2) is 4.39 Å². The lowest BCUT2D eigenvalue weighted by Crippen LogP contribution is -2.00. The highest BCUT2D eigenvalue weighted by atomic mass is 79.9. The number of carbonyl (C=O) groups excluding carboxylic acids is 1. The zero-order valence-electron chi connectivity index (χ0n) is 7.59. The fourth-order valence-electron chi connectivity index (χ4n) is 1.09. The quantitative estimate of drug-likeness (QED) is 0.593.